The van der Waals surface area contributed by atoms with Gasteiger partial charge in [0.1, 0.15) is 0 Å². The molecule has 0 saturated carbocycles. The maximum atomic E-state index is 3.63. The zero-order valence-electron chi connectivity index (χ0n) is 11.4. The van der Waals surface area contributed by atoms with Crippen LogP contribution in [-0.2, 0) is 0 Å². The standard InChI is InChI=1S/C14H27BrN2/c1-14(2,11-15)12-16-9-6-13(10-16)17-7-4-3-5-8-17/h13H,3-12H2,1-2H3. The Morgan fingerprint density at radius 2 is 1.82 bits per heavy atom. The van der Waals surface area contributed by atoms with Crippen LogP contribution >= 0.6 is 15.9 Å². The van der Waals surface area contributed by atoms with Crippen LogP contribution in [0, 0.1) is 5.41 Å². The van der Waals surface area contributed by atoms with Crippen LogP contribution in [0.5, 0.6) is 0 Å². The summed E-state index contributed by atoms with van der Waals surface area (Å²) in [6.45, 7) is 11.3. The lowest BCUT2D eigenvalue weighted by molar-refractivity contribution is 0.153. The minimum atomic E-state index is 0.413. The van der Waals surface area contributed by atoms with Gasteiger partial charge >= 0.3 is 0 Å². The minimum absolute atomic E-state index is 0.413. The molecule has 1 unspecified atom stereocenters. The molecule has 2 fully saturated rings. The SMILES string of the molecule is CC(C)(CBr)CN1CCC(N2CCCCC2)C1. The Hall–Kier alpha value is 0.400. The lowest BCUT2D eigenvalue weighted by Crippen LogP contribution is -2.42. The van der Waals surface area contributed by atoms with E-state index in [1.165, 1.54) is 58.4 Å². The maximum absolute atomic E-state index is 3.63. The predicted octanol–water partition coefficient (Wildman–Crippen LogP) is 2.97. The molecule has 0 aromatic heterocycles. The highest BCUT2D eigenvalue weighted by Gasteiger charge is 2.31. The van der Waals surface area contributed by atoms with Crippen LogP contribution in [0.25, 0.3) is 0 Å². The zero-order chi connectivity index (χ0) is 12.3. The molecule has 3 heteroatoms. The molecule has 0 aliphatic carbocycles. The summed E-state index contributed by atoms with van der Waals surface area (Å²) in [4.78, 5) is 5.41. The summed E-state index contributed by atoms with van der Waals surface area (Å²) in [6, 6.07) is 0.849. The first-order chi connectivity index (χ1) is 8.11. The quantitative estimate of drug-likeness (QED) is 0.737. The van der Waals surface area contributed by atoms with Gasteiger partial charge in [-0.05, 0) is 44.3 Å². The van der Waals surface area contributed by atoms with Crippen LogP contribution in [-0.4, -0.2) is 53.9 Å². The lowest BCUT2D eigenvalue weighted by atomic mass is 9.96. The van der Waals surface area contributed by atoms with Gasteiger partial charge in [0.05, 0.1) is 0 Å². The average molecular weight is 303 g/mol. The smallest absolute Gasteiger partial charge is 0.0235 e. The molecule has 0 bridgehead atoms. The third-order valence-corrected chi connectivity index (χ3v) is 5.69. The van der Waals surface area contributed by atoms with Gasteiger partial charge in [0, 0.05) is 24.5 Å². The Morgan fingerprint density at radius 1 is 1.12 bits per heavy atom. The van der Waals surface area contributed by atoms with Gasteiger partial charge in [0.25, 0.3) is 0 Å². The molecule has 2 saturated heterocycles. The molecule has 1 atom stereocenters. The number of alkyl halides is 1. The normalized spacial score (nSPS) is 28.8. The Labute approximate surface area is 115 Å². The number of halogens is 1. The van der Waals surface area contributed by atoms with Crippen LogP contribution in [0.4, 0.5) is 0 Å². The van der Waals surface area contributed by atoms with E-state index in [1.807, 2.05) is 0 Å². The van der Waals surface area contributed by atoms with Crippen molar-refractivity contribution in [3.8, 4) is 0 Å². The molecular weight excluding hydrogens is 276 g/mol. The summed E-state index contributed by atoms with van der Waals surface area (Å²) in [5.41, 5.74) is 0.413. The summed E-state index contributed by atoms with van der Waals surface area (Å²) >= 11 is 3.63. The van der Waals surface area contributed by atoms with Crippen LogP contribution in [0.1, 0.15) is 39.5 Å². The Balaban J connectivity index is 1.78. The van der Waals surface area contributed by atoms with Crippen molar-refractivity contribution >= 4 is 15.9 Å². The van der Waals surface area contributed by atoms with E-state index in [-0.39, 0.29) is 0 Å². The van der Waals surface area contributed by atoms with Crippen molar-refractivity contribution in [2.75, 3.05) is 38.1 Å². The molecular formula is C14H27BrN2. The van der Waals surface area contributed by atoms with Gasteiger partial charge < -0.3 is 4.90 Å². The van der Waals surface area contributed by atoms with Gasteiger partial charge in [-0.1, -0.05) is 36.2 Å². The van der Waals surface area contributed by atoms with Gasteiger partial charge in [-0.15, -0.1) is 0 Å². The first-order valence-corrected chi connectivity index (χ1v) is 8.25. The van der Waals surface area contributed by atoms with Crippen molar-refractivity contribution in [2.24, 2.45) is 5.41 Å². The number of hydrogen-bond acceptors (Lipinski definition) is 2. The third-order valence-electron chi connectivity index (χ3n) is 4.17. The van der Waals surface area contributed by atoms with E-state index >= 15 is 0 Å². The van der Waals surface area contributed by atoms with Crippen molar-refractivity contribution in [3.05, 3.63) is 0 Å². The van der Waals surface area contributed by atoms with E-state index in [1.54, 1.807) is 0 Å². The van der Waals surface area contributed by atoms with E-state index in [4.69, 9.17) is 0 Å². The second-order valence-corrected chi connectivity index (χ2v) is 7.13. The zero-order valence-corrected chi connectivity index (χ0v) is 13.0. The highest BCUT2D eigenvalue weighted by molar-refractivity contribution is 9.09. The summed E-state index contributed by atoms with van der Waals surface area (Å²) in [5, 5.41) is 1.10. The van der Waals surface area contributed by atoms with E-state index in [2.05, 4.69) is 39.6 Å². The second-order valence-electron chi connectivity index (χ2n) is 6.57. The number of hydrogen-bond donors (Lipinski definition) is 0. The van der Waals surface area contributed by atoms with Crippen molar-refractivity contribution < 1.29 is 0 Å². The highest BCUT2D eigenvalue weighted by atomic mass is 79.9. The molecule has 0 spiro atoms. The first kappa shape index (κ1) is 13.8. The number of piperidine rings is 1. The van der Waals surface area contributed by atoms with E-state index in [9.17, 15) is 0 Å². The average Bonchev–Trinajstić information content (AvgIpc) is 2.78. The number of rotatable bonds is 4. The number of likely N-dealkylation sites (tertiary alicyclic amines) is 2. The van der Waals surface area contributed by atoms with E-state index in [0.29, 0.717) is 5.41 Å². The molecule has 0 aromatic carbocycles. The molecule has 2 aliphatic heterocycles. The third kappa shape index (κ3) is 3.93. The van der Waals surface area contributed by atoms with Crippen LogP contribution < -0.4 is 0 Å². The van der Waals surface area contributed by atoms with Crippen molar-refractivity contribution in [1.29, 1.82) is 0 Å². The van der Waals surface area contributed by atoms with Gasteiger partial charge in [0.15, 0.2) is 0 Å². The maximum Gasteiger partial charge on any atom is 0.0235 e. The van der Waals surface area contributed by atoms with E-state index < -0.39 is 0 Å². The largest absolute Gasteiger partial charge is 0.301 e. The summed E-state index contributed by atoms with van der Waals surface area (Å²) < 4.78 is 0. The minimum Gasteiger partial charge on any atom is -0.301 e. The van der Waals surface area contributed by atoms with Crippen LogP contribution in [0.3, 0.4) is 0 Å². The van der Waals surface area contributed by atoms with Crippen LogP contribution in [0.2, 0.25) is 0 Å². The summed E-state index contributed by atoms with van der Waals surface area (Å²) in [6.07, 6.45) is 5.68. The van der Waals surface area contributed by atoms with E-state index in [0.717, 1.165) is 11.4 Å². The topological polar surface area (TPSA) is 6.48 Å². The fourth-order valence-electron chi connectivity index (χ4n) is 3.18. The molecule has 2 aliphatic rings. The van der Waals surface area contributed by atoms with Gasteiger partial charge in [-0.2, -0.15) is 0 Å². The fraction of sp³-hybridized carbons (Fsp3) is 1.00. The molecule has 0 amide bonds. The molecule has 2 nitrogen and oxygen atoms in total. The number of nitrogens with zero attached hydrogens (tertiary/aromatic N) is 2. The summed E-state index contributed by atoms with van der Waals surface area (Å²) in [7, 11) is 0. The monoisotopic (exact) mass is 302 g/mol. The Kier molecular flexibility index (Phi) is 4.90. The first-order valence-electron chi connectivity index (χ1n) is 7.13. The van der Waals surface area contributed by atoms with Crippen LogP contribution in [0.15, 0.2) is 0 Å². The molecule has 2 rings (SSSR count). The van der Waals surface area contributed by atoms with Gasteiger partial charge in [0.2, 0.25) is 0 Å². The highest BCUT2D eigenvalue weighted by Crippen LogP contribution is 2.25. The van der Waals surface area contributed by atoms with Gasteiger partial charge in [-0.25, -0.2) is 0 Å². The molecule has 17 heavy (non-hydrogen) atoms. The molecule has 100 valence electrons. The Bertz CT molecular complexity index is 236. The molecule has 0 N–H and O–H groups in total. The van der Waals surface area contributed by atoms with Crippen molar-refractivity contribution in [1.82, 2.24) is 9.80 Å². The second kappa shape index (κ2) is 6.03. The van der Waals surface area contributed by atoms with Crippen molar-refractivity contribution in [2.45, 2.75) is 45.6 Å². The molecule has 0 aromatic rings. The lowest BCUT2D eigenvalue weighted by Gasteiger charge is -2.33. The predicted molar refractivity (Wildman–Crippen MR) is 77.8 cm³/mol. The Morgan fingerprint density at radius 3 is 2.47 bits per heavy atom. The van der Waals surface area contributed by atoms with Gasteiger partial charge in [-0.3, -0.25) is 4.90 Å². The molecule has 2 heterocycles. The van der Waals surface area contributed by atoms with Crippen molar-refractivity contribution in [3.63, 3.8) is 0 Å². The molecule has 0 radical (unpaired) electrons. The summed E-state index contributed by atoms with van der Waals surface area (Å²) in [5.74, 6) is 0. The fourth-order valence-corrected chi connectivity index (χ4v) is 3.36.